The van der Waals surface area contributed by atoms with Gasteiger partial charge in [0.05, 0.1) is 13.2 Å². The van der Waals surface area contributed by atoms with Crippen molar-refractivity contribution >= 4 is 19.8 Å². The van der Waals surface area contributed by atoms with E-state index in [9.17, 15) is 19.0 Å². The van der Waals surface area contributed by atoms with E-state index in [0.717, 1.165) is 96.3 Å². The number of unbranched alkanes of at least 4 members (excludes halogenated alkanes) is 48. The molecule has 584 valence electrons. The zero-order chi connectivity index (χ0) is 72.9. The number of allylic oxidation sites excluding steroid dienone is 20. The maximum absolute atomic E-state index is 12.8. The number of carbonyl (C=O) groups is 2. The average molecular weight is 1430 g/mol. The van der Waals surface area contributed by atoms with Gasteiger partial charge in [0.2, 0.25) is 0 Å². The Kier molecular flexibility index (Phi) is 82.3. The first-order chi connectivity index (χ1) is 49.8. The molecule has 10 heteroatoms. The molecule has 3 N–H and O–H groups in total. The first kappa shape index (κ1) is 97.4. The molecule has 0 aromatic carbocycles. The van der Waals surface area contributed by atoms with Crippen LogP contribution in [-0.4, -0.2) is 49.3 Å². The molecule has 0 saturated heterocycles. The molecule has 0 rings (SSSR count). The van der Waals surface area contributed by atoms with Gasteiger partial charge in [-0.3, -0.25) is 18.6 Å². The molecule has 2 unspecified atom stereocenters. The SMILES string of the molecule is CC/C=C\C/C=C\C/C=C\C/C=C\C/C=C\C/C=C\C/C=C\C/C=C\CCCCCCCCCCCCCCCCCCC(=O)OC(COC(=O)CCCCCCCCCCCCCCCCCCCCCCCCCCCCC/C=C\C/C=C\CCCCCCC)COP(=O)(O)OCCN. The van der Waals surface area contributed by atoms with Gasteiger partial charge in [0, 0.05) is 19.4 Å². The first-order valence-corrected chi connectivity index (χ1v) is 44.5. The number of hydrogen-bond acceptors (Lipinski definition) is 8. The van der Waals surface area contributed by atoms with Gasteiger partial charge in [0.15, 0.2) is 6.10 Å². The Labute approximate surface area is 625 Å². The maximum Gasteiger partial charge on any atom is 0.472 e. The summed E-state index contributed by atoms with van der Waals surface area (Å²) >= 11 is 0. The lowest BCUT2D eigenvalue weighted by molar-refractivity contribution is -0.161. The van der Waals surface area contributed by atoms with Gasteiger partial charge >= 0.3 is 19.8 Å². The molecule has 0 aromatic heterocycles. The highest BCUT2D eigenvalue weighted by Crippen LogP contribution is 2.43. The summed E-state index contributed by atoms with van der Waals surface area (Å²) in [5.74, 6) is -0.811. The van der Waals surface area contributed by atoms with Crippen LogP contribution in [0, 0.1) is 0 Å². The molecule has 0 aliphatic rings. The van der Waals surface area contributed by atoms with E-state index in [4.69, 9.17) is 24.3 Å². The van der Waals surface area contributed by atoms with Crippen molar-refractivity contribution in [3.8, 4) is 0 Å². The van der Waals surface area contributed by atoms with Crippen molar-refractivity contribution in [3.05, 3.63) is 122 Å². The van der Waals surface area contributed by atoms with Crippen LogP contribution >= 0.6 is 7.82 Å². The van der Waals surface area contributed by atoms with E-state index in [1.165, 1.54) is 283 Å². The van der Waals surface area contributed by atoms with Gasteiger partial charge in [-0.15, -0.1) is 0 Å². The molecule has 2 atom stereocenters. The van der Waals surface area contributed by atoms with Crippen LogP contribution in [0.25, 0.3) is 0 Å². The van der Waals surface area contributed by atoms with Gasteiger partial charge in [-0.05, 0) is 109 Å². The van der Waals surface area contributed by atoms with Gasteiger partial charge < -0.3 is 20.1 Å². The Morgan fingerprint density at radius 3 is 0.812 bits per heavy atom. The third-order valence-corrected chi connectivity index (χ3v) is 19.8. The first-order valence-electron chi connectivity index (χ1n) is 43.0. The second-order valence-electron chi connectivity index (χ2n) is 28.7. The molecule has 0 fully saturated rings. The topological polar surface area (TPSA) is 134 Å². The van der Waals surface area contributed by atoms with Crippen molar-refractivity contribution in [2.24, 2.45) is 5.73 Å². The number of hydrogen-bond donors (Lipinski definition) is 2. The van der Waals surface area contributed by atoms with Crippen molar-refractivity contribution in [2.75, 3.05) is 26.4 Å². The summed E-state index contributed by atoms with van der Waals surface area (Å²) in [6, 6.07) is 0. The van der Waals surface area contributed by atoms with E-state index in [2.05, 4.69) is 135 Å². The highest BCUT2D eigenvalue weighted by Gasteiger charge is 2.26. The van der Waals surface area contributed by atoms with E-state index < -0.39 is 26.5 Å². The van der Waals surface area contributed by atoms with E-state index in [0.29, 0.717) is 6.42 Å². The minimum Gasteiger partial charge on any atom is -0.462 e. The summed E-state index contributed by atoms with van der Waals surface area (Å²) in [4.78, 5) is 35.5. The van der Waals surface area contributed by atoms with Crippen molar-refractivity contribution in [3.63, 3.8) is 0 Å². The molecule has 0 aliphatic carbocycles. The Morgan fingerprint density at radius 1 is 0.307 bits per heavy atom. The monoisotopic (exact) mass is 1430 g/mol. The summed E-state index contributed by atoms with van der Waals surface area (Å²) < 4.78 is 33.3. The van der Waals surface area contributed by atoms with Gasteiger partial charge in [-0.25, -0.2) is 4.57 Å². The van der Waals surface area contributed by atoms with Gasteiger partial charge in [0.1, 0.15) is 6.61 Å². The third kappa shape index (κ3) is 85.2. The predicted molar refractivity (Wildman–Crippen MR) is 441 cm³/mol. The van der Waals surface area contributed by atoms with E-state index in [-0.39, 0.29) is 38.6 Å². The number of carbonyl (C=O) groups excluding carboxylic acids is 2. The maximum atomic E-state index is 12.8. The van der Waals surface area contributed by atoms with E-state index in [1.54, 1.807) is 0 Å². The highest BCUT2D eigenvalue weighted by atomic mass is 31.2. The lowest BCUT2D eigenvalue weighted by Crippen LogP contribution is -2.29. The molecule has 0 spiro atoms. The van der Waals surface area contributed by atoms with Crippen molar-refractivity contribution in [2.45, 2.75) is 418 Å². The minimum atomic E-state index is -4.40. The second-order valence-corrected chi connectivity index (χ2v) is 30.1. The Hall–Kier alpha value is -3.59. The number of rotatable bonds is 81. The Bertz CT molecular complexity index is 2080. The number of esters is 2. The number of nitrogens with two attached hydrogens (primary N) is 1. The van der Waals surface area contributed by atoms with Crippen LogP contribution in [0.15, 0.2) is 122 Å². The van der Waals surface area contributed by atoms with Crippen LogP contribution in [0.3, 0.4) is 0 Å². The van der Waals surface area contributed by atoms with Gasteiger partial charge in [-0.1, -0.05) is 411 Å². The number of phosphoric ester groups is 1. The van der Waals surface area contributed by atoms with Gasteiger partial charge in [0.25, 0.3) is 0 Å². The quantitative estimate of drug-likeness (QED) is 0.0264. The third-order valence-electron chi connectivity index (χ3n) is 18.8. The molecule has 0 aliphatic heterocycles. The van der Waals surface area contributed by atoms with Crippen LogP contribution in [-0.2, 0) is 32.7 Å². The van der Waals surface area contributed by atoms with Crippen molar-refractivity contribution in [1.82, 2.24) is 0 Å². The Morgan fingerprint density at radius 2 is 0.545 bits per heavy atom. The smallest absolute Gasteiger partial charge is 0.462 e. The average Bonchev–Trinajstić information content (AvgIpc) is 1.04. The predicted octanol–water partition coefficient (Wildman–Crippen LogP) is 29.3. The summed E-state index contributed by atoms with van der Waals surface area (Å²) in [5, 5.41) is 0. The summed E-state index contributed by atoms with van der Waals surface area (Å²) in [5.41, 5.74) is 5.42. The Balaban J connectivity index is 3.77. The van der Waals surface area contributed by atoms with E-state index >= 15 is 0 Å². The molecule has 0 amide bonds. The van der Waals surface area contributed by atoms with Crippen LogP contribution in [0.4, 0.5) is 0 Å². The summed E-state index contributed by atoms with van der Waals surface area (Å²) in [6.45, 7) is 3.67. The fraction of sp³-hybridized carbons (Fsp3) is 0.758. The van der Waals surface area contributed by atoms with Crippen LogP contribution < -0.4 is 5.73 Å². The minimum absolute atomic E-state index is 0.0521. The molecule has 0 aromatic rings. The zero-order valence-electron chi connectivity index (χ0n) is 66.1. The molecule has 0 radical (unpaired) electrons. The second kappa shape index (κ2) is 85.3. The fourth-order valence-electron chi connectivity index (χ4n) is 12.5. The van der Waals surface area contributed by atoms with Crippen LogP contribution in [0.5, 0.6) is 0 Å². The largest absolute Gasteiger partial charge is 0.472 e. The fourth-order valence-corrected chi connectivity index (χ4v) is 13.3. The van der Waals surface area contributed by atoms with Crippen LogP contribution in [0.2, 0.25) is 0 Å². The standard InChI is InChI=1S/C91H162NO8P/c1-3-5-7-9-11-13-15-17-19-21-23-25-27-29-31-33-35-37-39-41-43-44-46-48-50-52-54-56-58-60-62-64-66-68-70-72-74-76-78-80-82-84-91(94)100-89(88-99-101(95,96)98-86-85-92)87-97-90(93)83-81-79-77-75-73-71-69-67-65-63-61-59-57-55-53-51-49-47-45-42-40-38-36-34-32-30-28-26-24-22-20-18-16-14-12-10-8-6-4-2/h5,7,11,13,16-19,22-25,29,31,35,37,41,43,46,48,89H,3-4,6,8-10,12,14-15,20-21,26-28,30,32-34,36,38-40,42,44-45,47,49-88,92H2,1-2H3,(H,95,96)/b7-5-,13-11-,18-16-,19-17-,24-22-,25-23-,31-29-,37-35-,43-41-,48-46-. The number of ether oxygens (including phenoxy) is 2. The molecule has 0 heterocycles. The zero-order valence-corrected chi connectivity index (χ0v) is 67.0. The molecular weight excluding hydrogens is 1270 g/mol. The summed E-state index contributed by atoms with van der Waals surface area (Å²) in [7, 11) is -4.40. The van der Waals surface area contributed by atoms with Crippen molar-refractivity contribution in [1.29, 1.82) is 0 Å². The van der Waals surface area contributed by atoms with E-state index in [1.807, 2.05) is 0 Å². The van der Waals surface area contributed by atoms with Crippen molar-refractivity contribution < 1.29 is 37.6 Å². The van der Waals surface area contributed by atoms with Crippen LogP contribution in [0.1, 0.15) is 412 Å². The van der Waals surface area contributed by atoms with Gasteiger partial charge in [-0.2, -0.15) is 0 Å². The normalized spacial score (nSPS) is 13.4. The molecule has 0 saturated carbocycles. The summed E-state index contributed by atoms with van der Waals surface area (Å²) in [6.07, 6.45) is 121. The number of phosphoric acid groups is 1. The highest BCUT2D eigenvalue weighted by molar-refractivity contribution is 7.47. The molecular formula is C91H162NO8P. The lowest BCUT2D eigenvalue weighted by atomic mass is 10.0. The lowest BCUT2D eigenvalue weighted by Gasteiger charge is -2.19. The molecule has 9 nitrogen and oxygen atoms in total. The molecule has 101 heavy (non-hydrogen) atoms. The molecule has 0 bridgehead atoms.